The molecule has 1 fully saturated rings. The van der Waals surface area contributed by atoms with E-state index in [1.165, 1.54) is 17.7 Å². The fourth-order valence-corrected chi connectivity index (χ4v) is 3.98. The molecule has 1 aliphatic rings. The number of carbonyl (C=O) groups is 1. The fraction of sp³-hybridized carbons (Fsp3) is 0.238. The van der Waals surface area contributed by atoms with Gasteiger partial charge in [0, 0.05) is 43.1 Å². The Labute approximate surface area is 172 Å². The number of hydrogen-bond donors (Lipinski definition) is 0. The molecular formula is C21H18Cl2N2O3. The van der Waals surface area contributed by atoms with Crippen LogP contribution in [0.15, 0.2) is 57.7 Å². The Kier molecular flexibility index (Phi) is 5.40. The number of carbonyl (C=O) groups excluding carboxylic acids is 1. The Balaban J connectivity index is 1.49. The second-order valence-corrected chi connectivity index (χ2v) is 7.65. The molecule has 0 unspecified atom stereocenters. The molecule has 4 rings (SSSR count). The van der Waals surface area contributed by atoms with E-state index in [-0.39, 0.29) is 22.1 Å². The van der Waals surface area contributed by atoms with Crippen LogP contribution in [0.2, 0.25) is 10.0 Å². The molecule has 0 spiro atoms. The van der Waals surface area contributed by atoms with Gasteiger partial charge in [0.05, 0.1) is 5.02 Å². The van der Waals surface area contributed by atoms with Gasteiger partial charge in [0.1, 0.15) is 5.56 Å². The van der Waals surface area contributed by atoms with Gasteiger partial charge < -0.3 is 9.32 Å². The van der Waals surface area contributed by atoms with Crippen molar-refractivity contribution >= 4 is 40.1 Å². The van der Waals surface area contributed by atoms with Gasteiger partial charge in [-0.2, -0.15) is 0 Å². The van der Waals surface area contributed by atoms with Crippen molar-refractivity contribution in [2.24, 2.45) is 0 Å². The number of piperazine rings is 1. The lowest BCUT2D eigenvalue weighted by molar-refractivity contribution is 0.0624. The molecule has 0 atom stereocenters. The Morgan fingerprint density at radius 1 is 1.00 bits per heavy atom. The highest BCUT2D eigenvalue weighted by Gasteiger charge is 2.25. The van der Waals surface area contributed by atoms with Gasteiger partial charge in [-0.1, -0.05) is 53.5 Å². The minimum Gasteiger partial charge on any atom is -0.421 e. The van der Waals surface area contributed by atoms with E-state index < -0.39 is 5.63 Å². The quantitative estimate of drug-likeness (QED) is 0.604. The van der Waals surface area contributed by atoms with Crippen LogP contribution in [-0.4, -0.2) is 41.9 Å². The first-order chi connectivity index (χ1) is 13.5. The minimum atomic E-state index is -0.687. The number of benzene rings is 2. The molecule has 2 aromatic carbocycles. The third-order valence-corrected chi connectivity index (χ3v) is 5.39. The van der Waals surface area contributed by atoms with Gasteiger partial charge in [-0.3, -0.25) is 9.69 Å². The molecule has 1 saturated heterocycles. The Morgan fingerprint density at radius 3 is 2.43 bits per heavy atom. The molecule has 1 aromatic heterocycles. The number of fused-ring (bicyclic) bond motifs is 1. The highest BCUT2D eigenvalue weighted by Crippen LogP contribution is 2.27. The van der Waals surface area contributed by atoms with Crippen molar-refractivity contribution in [1.82, 2.24) is 9.80 Å². The van der Waals surface area contributed by atoms with Gasteiger partial charge in [-0.25, -0.2) is 4.79 Å². The first-order valence-electron chi connectivity index (χ1n) is 9.00. The SMILES string of the molecule is O=C(c1cc2cc(Cl)cc(Cl)c2oc1=O)N1CCN(Cc2ccccc2)CC1. The van der Waals surface area contributed by atoms with Crippen LogP contribution in [0, 0.1) is 0 Å². The smallest absolute Gasteiger partial charge is 0.349 e. The van der Waals surface area contributed by atoms with Crippen LogP contribution in [0.25, 0.3) is 11.0 Å². The molecule has 144 valence electrons. The average Bonchev–Trinajstić information content (AvgIpc) is 2.69. The van der Waals surface area contributed by atoms with Gasteiger partial charge in [-0.15, -0.1) is 0 Å². The maximum absolute atomic E-state index is 12.9. The van der Waals surface area contributed by atoms with Crippen molar-refractivity contribution in [3.05, 3.63) is 80.1 Å². The average molecular weight is 417 g/mol. The summed E-state index contributed by atoms with van der Waals surface area (Å²) >= 11 is 12.1. The zero-order valence-electron chi connectivity index (χ0n) is 15.0. The van der Waals surface area contributed by atoms with E-state index in [4.69, 9.17) is 27.6 Å². The van der Waals surface area contributed by atoms with Crippen LogP contribution in [0.4, 0.5) is 0 Å². The molecule has 0 radical (unpaired) electrons. The van der Waals surface area contributed by atoms with E-state index in [9.17, 15) is 9.59 Å². The topological polar surface area (TPSA) is 53.8 Å². The van der Waals surface area contributed by atoms with Gasteiger partial charge in [0.2, 0.25) is 0 Å². The maximum Gasteiger partial charge on any atom is 0.349 e. The molecule has 0 N–H and O–H groups in total. The summed E-state index contributed by atoms with van der Waals surface area (Å²) in [6.45, 7) is 3.45. The van der Waals surface area contributed by atoms with E-state index in [0.29, 0.717) is 23.5 Å². The number of rotatable bonds is 3. The third-order valence-electron chi connectivity index (χ3n) is 4.89. The van der Waals surface area contributed by atoms with Crippen molar-refractivity contribution in [1.29, 1.82) is 0 Å². The standard InChI is InChI=1S/C21H18Cl2N2O3/c22-16-10-15-11-17(21(27)28-19(15)18(23)12-16)20(26)25-8-6-24(7-9-25)13-14-4-2-1-3-5-14/h1-5,10-12H,6-9,13H2. The molecule has 1 aliphatic heterocycles. The van der Waals surface area contributed by atoms with Crippen molar-refractivity contribution in [2.75, 3.05) is 26.2 Å². The summed E-state index contributed by atoms with van der Waals surface area (Å²) < 4.78 is 5.29. The lowest BCUT2D eigenvalue weighted by atomic mass is 10.1. The largest absolute Gasteiger partial charge is 0.421 e. The summed E-state index contributed by atoms with van der Waals surface area (Å²) in [6, 6.07) is 14.9. The molecule has 0 saturated carbocycles. The van der Waals surface area contributed by atoms with Crippen LogP contribution < -0.4 is 5.63 Å². The predicted octanol–water partition coefficient (Wildman–Crippen LogP) is 4.06. The number of amides is 1. The minimum absolute atomic E-state index is 0.00217. The van der Waals surface area contributed by atoms with Crippen LogP contribution in [-0.2, 0) is 6.54 Å². The van der Waals surface area contributed by atoms with Crippen molar-refractivity contribution in [3.8, 4) is 0 Å². The van der Waals surface area contributed by atoms with E-state index >= 15 is 0 Å². The molecular weight excluding hydrogens is 399 g/mol. The van der Waals surface area contributed by atoms with Crippen molar-refractivity contribution in [3.63, 3.8) is 0 Å². The third kappa shape index (κ3) is 3.92. The Bertz CT molecular complexity index is 1070. The zero-order chi connectivity index (χ0) is 19.7. The number of hydrogen-bond acceptors (Lipinski definition) is 4. The lowest BCUT2D eigenvalue weighted by Crippen LogP contribution is -2.49. The first-order valence-corrected chi connectivity index (χ1v) is 9.75. The van der Waals surface area contributed by atoms with Crippen LogP contribution in [0.5, 0.6) is 0 Å². The van der Waals surface area contributed by atoms with Crippen LogP contribution >= 0.6 is 23.2 Å². The van der Waals surface area contributed by atoms with E-state index in [1.807, 2.05) is 18.2 Å². The van der Waals surface area contributed by atoms with Gasteiger partial charge >= 0.3 is 5.63 Å². The summed E-state index contributed by atoms with van der Waals surface area (Å²) in [5, 5.41) is 1.19. The summed E-state index contributed by atoms with van der Waals surface area (Å²) in [6.07, 6.45) is 0. The summed E-state index contributed by atoms with van der Waals surface area (Å²) in [5.74, 6) is -0.328. The molecule has 28 heavy (non-hydrogen) atoms. The highest BCUT2D eigenvalue weighted by atomic mass is 35.5. The van der Waals surface area contributed by atoms with Gasteiger partial charge in [-0.05, 0) is 23.8 Å². The Hall–Kier alpha value is -2.34. The number of halogens is 2. The van der Waals surface area contributed by atoms with Crippen molar-refractivity contribution < 1.29 is 9.21 Å². The molecule has 2 heterocycles. The van der Waals surface area contributed by atoms with Crippen LogP contribution in [0.3, 0.4) is 0 Å². The molecule has 3 aromatic rings. The summed E-state index contributed by atoms with van der Waals surface area (Å²) in [4.78, 5) is 29.2. The van der Waals surface area contributed by atoms with Crippen LogP contribution in [0.1, 0.15) is 15.9 Å². The lowest BCUT2D eigenvalue weighted by Gasteiger charge is -2.34. The maximum atomic E-state index is 12.9. The number of nitrogens with zero attached hydrogens (tertiary/aromatic N) is 2. The zero-order valence-corrected chi connectivity index (χ0v) is 16.5. The highest BCUT2D eigenvalue weighted by molar-refractivity contribution is 6.38. The van der Waals surface area contributed by atoms with Gasteiger partial charge in [0.25, 0.3) is 5.91 Å². The predicted molar refractivity (Wildman–Crippen MR) is 110 cm³/mol. The van der Waals surface area contributed by atoms with Crippen molar-refractivity contribution in [2.45, 2.75) is 6.54 Å². The fourth-order valence-electron chi connectivity index (χ4n) is 3.43. The monoisotopic (exact) mass is 416 g/mol. The second kappa shape index (κ2) is 7.95. The van der Waals surface area contributed by atoms with E-state index in [1.54, 1.807) is 11.0 Å². The normalized spacial score (nSPS) is 15.1. The Morgan fingerprint density at radius 2 is 1.71 bits per heavy atom. The molecule has 1 amide bonds. The van der Waals surface area contributed by atoms with Gasteiger partial charge in [0.15, 0.2) is 5.58 Å². The molecule has 0 bridgehead atoms. The molecule has 7 heteroatoms. The van der Waals surface area contributed by atoms with E-state index in [0.717, 1.165) is 19.6 Å². The summed E-state index contributed by atoms with van der Waals surface area (Å²) in [7, 11) is 0. The second-order valence-electron chi connectivity index (χ2n) is 6.81. The first kappa shape index (κ1) is 19.0. The summed E-state index contributed by atoms with van der Waals surface area (Å²) in [5.41, 5.74) is 0.794. The molecule has 5 nitrogen and oxygen atoms in total. The molecule has 0 aliphatic carbocycles. The van der Waals surface area contributed by atoms with E-state index in [2.05, 4.69) is 17.0 Å².